The highest BCUT2D eigenvalue weighted by molar-refractivity contribution is 5.74. The summed E-state index contributed by atoms with van der Waals surface area (Å²) in [4.78, 5) is 10.2. The highest BCUT2D eigenvalue weighted by atomic mass is 15.3. The Labute approximate surface area is 130 Å². The number of hydrogen-bond donors (Lipinski definition) is 1. The highest BCUT2D eigenvalue weighted by Gasteiger charge is 2.10. The molecule has 0 aliphatic heterocycles. The Balaban J connectivity index is 1.69. The van der Waals surface area contributed by atoms with Crippen molar-refractivity contribution in [3.05, 3.63) is 60.2 Å². The molecule has 0 bridgehead atoms. The molecule has 0 aliphatic rings. The molecule has 3 rings (SSSR count). The summed E-state index contributed by atoms with van der Waals surface area (Å²) in [6.07, 6.45) is 3.80. The van der Waals surface area contributed by atoms with Gasteiger partial charge in [-0.3, -0.25) is 9.58 Å². The molecule has 1 N–H and O–H groups in total. The van der Waals surface area contributed by atoms with Gasteiger partial charge in [0.05, 0.1) is 30.3 Å². The largest absolute Gasteiger partial charge is 0.341 e. The van der Waals surface area contributed by atoms with Gasteiger partial charge >= 0.3 is 0 Å². The van der Waals surface area contributed by atoms with Crippen molar-refractivity contribution in [1.29, 1.82) is 0 Å². The van der Waals surface area contributed by atoms with Gasteiger partial charge in [0.15, 0.2) is 0 Å². The number of hydrogen-bond acceptors (Lipinski definition) is 3. The summed E-state index contributed by atoms with van der Waals surface area (Å²) < 4.78 is 1.97. The molecule has 1 aromatic carbocycles. The minimum Gasteiger partial charge on any atom is -0.341 e. The van der Waals surface area contributed by atoms with Crippen LogP contribution in [0.5, 0.6) is 0 Å². The molecule has 5 nitrogen and oxygen atoms in total. The van der Waals surface area contributed by atoms with Gasteiger partial charge in [-0.25, -0.2) is 4.98 Å². The predicted octanol–water partition coefficient (Wildman–Crippen LogP) is 2.89. The summed E-state index contributed by atoms with van der Waals surface area (Å²) >= 11 is 0. The Bertz CT molecular complexity index is 750. The van der Waals surface area contributed by atoms with E-state index in [0.29, 0.717) is 0 Å². The van der Waals surface area contributed by atoms with E-state index in [4.69, 9.17) is 0 Å². The van der Waals surface area contributed by atoms with E-state index in [1.165, 1.54) is 11.3 Å². The topological polar surface area (TPSA) is 49.7 Å². The average Bonchev–Trinajstić information content (AvgIpc) is 3.05. The Kier molecular flexibility index (Phi) is 4.06. The molecule has 0 saturated carbocycles. The zero-order valence-electron chi connectivity index (χ0n) is 13.1. The molecule has 2 heterocycles. The molecule has 0 atom stereocenters. The van der Waals surface area contributed by atoms with Crippen LogP contribution in [0.15, 0.2) is 43.1 Å². The fourth-order valence-electron chi connectivity index (χ4n) is 2.63. The van der Waals surface area contributed by atoms with Crippen LogP contribution < -0.4 is 0 Å². The van der Waals surface area contributed by atoms with Crippen molar-refractivity contribution in [2.24, 2.45) is 0 Å². The van der Waals surface area contributed by atoms with Gasteiger partial charge in [0.25, 0.3) is 0 Å². The predicted molar refractivity (Wildman–Crippen MR) is 88.4 cm³/mol. The van der Waals surface area contributed by atoms with Gasteiger partial charge in [-0.2, -0.15) is 5.10 Å². The molecule has 0 spiro atoms. The molecular formula is C17H21N5. The van der Waals surface area contributed by atoms with Crippen molar-refractivity contribution in [3.8, 4) is 0 Å². The van der Waals surface area contributed by atoms with E-state index in [1.807, 2.05) is 35.2 Å². The number of nitrogens with one attached hydrogen (secondary N) is 1. The number of para-hydroxylation sites is 2. The smallest absolute Gasteiger partial charge is 0.121 e. The van der Waals surface area contributed by atoms with Crippen LogP contribution in [-0.4, -0.2) is 31.7 Å². The molecule has 0 radical (unpaired) electrons. The van der Waals surface area contributed by atoms with Crippen LogP contribution >= 0.6 is 0 Å². The van der Waals surface area contributed by atoms with Gasteiger partial charge in [0, 0.05) is 17.8 Å². The molecule has 0 amide bonds. The number of fused-ring (bicyclic) bond motifs is 1. The lowest BCUT2D eigenvalue weighted by atomic mass is 10.2. The third-order valence-electron chi connectivity index (χ3n) is 3.81. The lowest BCUT2D eigenvalue weighted by molar-refractivity contribution is 0.311. The second-order valence-electron chi connectivity index (χ2n) is 5.60. The molecular weight excluding hydrogens is 274 g/mol. The van der Waals surface area contributed by atoms with Gasteiger partial charge in [-0.1, -0.05) is 18.2 Å². The molecule has 0 fully saturated rings. The van der Waals surface area contributed by atoms with Crippen LogP contribution in [0.1, 0.15) is 17.1 Å². The number of rotatable bonds is 6. The fourth-order valence-corrected chi connectivity index (χ4v) is 2.63. The summed E-state index contributed by atoms with van der Waals surface area (Å²) in [7, 11) is 2.09. The van der Waals surface area contributed by atoms with E-state index in [-0.39, 0.29) is 0 Å². The Morgan fingerprint density at radius 2 is 2.14 bits per heavy atom. The van der Waals surface area contributed by atoms with Gasteiger partial charge in [0.2, 0.25) is 0 Å². The van der Waals surface area contributed by atoms with Crippen LogP contribution in [0.3, 0.4) is 0 Å². The third kappa shape index (κ3) is 2.94. The van der Waals surface area contributed by atoms with Crippen molar-refractivity contribution < 1.29 is 0 Å². The monoisotopic (exact) mass is 295 g/mol. The zero-order chi connectivity index (χ0) is 15.5. The number of H-pyrrole nitrogens is 1. The number of imidazole rings is 1. The highest BCUT2D eigenvalue weighted by Crippen LogP contribution is 2.14. The first kappa shape index (κ1) is 14.5. The normalized spacial score (nSPS) is 11.4. The lowest BCUT2D eigenvalue weighted by Gasteiger charge is -2.14. The van der Waals surface area contributed by atoms with E-state index in [1.54, 1.807) is 0 Å². The molecule has 0 unspecified atom stereocenters. The van der Waals surface area contributed by atoms with E-state index in [2.05, 4.69) is 46.6 Å². The number of allylic oxidation sites excluding steroid dienone is 1. The summed E-state index contributed by atoms with van der Waals surface area (Å²) in [5.74, 6) is 0.986. The number of benzene rings is 1. The minimum absolute atomic E-state index is 0.749. The molecule has 0 saturated heterocycles. The van der Waals surface area contributed by atoms with Crippen molar-refractivity contribution in [2.75, 3.05) is 7.05 Å². The van der Waals surface area contributed by atoms with Crippen LogP contribution in [0.4, 0.5) is 0 Å². The lowest BCUT2D eigenvalue weighted by Crippen LogP contribution is -2.18. The molecule has 114 valence electrons. The van der Waals surface area contributed by atoms with Crippen LogP contribution in [0, 0.1) is 6.92 Å². The number of nitrogens with zero attached hydrogens (tertiary/aromatic N) is 4. The Hall–Kier alpha value is -2.40. The van der Waals surface area contributed by atoms with Crippen molar-refractivity contribution in [2.45, 2.75) is 26.6 Å². The van der Waals surface area contributed by atoms with Gasteiger partial charge in [-0.15, -0.1) is 6.58 Å². The summed E-state index contributed by atoms with van der Waals surface area (Å²) in [5, 5.41) is 4.40. The van der Waals surface area contributed by atoms with Crippen LogP contribution in [0.2, 0.25) is 0 Å². The maximum Gasteiger partial charge on any atom is 0.121 e. The SMILES string of the molecule is C=CCn1ncc(CN(C)Cc2nc3ccccc3[nH]2)c1C. The molecule has 3 aromatic rings. The first-order chi connectivity index (χ1) is 10.7. The van der Waals surface area contributed by atoms with E-state index < -0.39 is 0 Å². The quantitative estimate of drug-likeness (QED) is 0.711. The zero-order valence-corrected chi connectivity index (χ0v) is 13.1. The minimum atomic E-state index is 0.749. The molecule has 5 heteroatoms. The van der Waals surface area contributed by atoms with E-state index >= 15 is 0 Å². The van der Waals surface area contributed by atoms with Crippen molar-refractivity contribution in [3.63, 3.8) is 0 Å². The summed E-state index contributed by atoms with van der Waals surface area (Å²) in [6.45, 7) is 8.23. The summed E-state index contributed by atoms with van der Waals surface area (Å²) in [5.41, 5.74) is 4.53. The second kappa shape index (κ2) is 6.15. The molecule has 2 aromatic heterocycles. The number of aromatic amines is 1. The first-order valence-electron chi connectivity index (χ1n) is 7.41. The van der Waals surface area contributed by atoms with Gasteiger partial charge in [0.1, 0.15) is 5.82 Å². The first-order valence-corrected chi connectivity index (χ1v) is 7.41. The molecule has 22 heavy (non-hydrogen) atoms. The van der Waals surface area contributed by atoms with Gasteiger partial charge < -0.3 is 4.98 Å². The Morgan fingerprint density at radius 3 is 2.91 bits per heavy atom. The number of aromatic nitrogens is 4. The second-order valence-corrected chi connectivity index (χ2v) is 5.60. The van der Waals surface area contributed by atoms with Crippen LogP contribution in [0.25, 0.3) is 11.0 Å². The Morgan fingerprint density at radius 1 is 1.32 bits per heavy atom. The molecule has 0 aliphatic carbocycles. The fraction of sp³-hybridized carbons (Fsp3) is 0.294. The maximum atomic E-state index is 4.62. The van der Waals surface area contributed by atoms with E-state index in [0.717, 1.165) is 36.5 Å². The van der Waals surface area contributed by atoms with Crippen molar-refractivity contribution >= 4 is 11.0 Å². The van der Waals surface area contributed by atoms with Gasteiger partial charge in [-0.05, 0) is 26.1 Å². The maximum absolute atomic E-state index is 4.62. The third-order valence-corrected chi connectivity index (χ3v) is 3.81. The van der Waals surface area contributed by atoms with E-state index in [9.17, 15) is 0 Å². The van der Waals surface area contributed by atoms with Crippen molar-refractivity contribution in [1.82, 2.24) is 24.6 Å². The van der Waals surface area contributed by atoms with Crippen LogP contribution in [-0.2, 0) is 19.6 Å². The summed E-state index contributed by atoms with van der Waals surface area (Å²) in [6, 6.07) is 8.10. The standard InChI is InChI=1S/C17H21N5/c1-4-9-22-13(2)14(10-18-22)11-21(3)12-17-19-15-7-5-6-8-16(15)20-17/h4-8,10H,1,9,11-12H2,2-3H3,(H,19,20). The average molecular weight is 295 g/mol.